The number of nitro benzene ring substituents is 1. The molecule has 0 aliphatic rings. The van der Waals surface area contributed by atoms with Gasteiger partial charge in [-0.05, 0) is 36.3 Å². The van der Waals surface area contributed by atoms with Gasteiger partial charge in [0.15, 0.2) is 0 Å². The normalized spacial score (nSPS) is 10.6. The molecule has 2 aromatic carbocycles. The van der Waals surface area contributed by atoms with Crippen LogP contribution in [0, 0.1) is 10.1 Å². The number of rotatable bonds is 9. The van der Waals surface area contributed by atoms with Crippen molar-refractivity contribution < 1.29 is 19.2 Å². The number of nitrogens with zero attached hydrogens (tertiary/aromatic N) is 1. The molecule has 0 spiro atoms. The molecule has 7 heteroatoms. The lowest BCUT2D eigenvalue weighted by atomic mass is 10.2. The van der Waals surface area contributed by atoms with Gasteiger partial charge < -0.3 is 14.8 Å². The van der Waals surface area contributed by atoms with Crippen molar-refractivity contribution in [3.8, 4) is 11.5 Å². The van der Waals surface area contributed by atoms with E-state index in [1.165, 1.54) is 31.4 Å². The van der Waals surface area contributed by atoms with Crippen molar-refractivity contribution in [1.82, 2.24) is 0 Å². The summed E-state index contributed by atoms with van der Waals surface area (Å²) in [6, 6.07) is 11.4. The molecule has 0 fully saturated rings. The van der Waals surface area contributed by atoms with Crippen LogP contribution in [-0.4, -0.2) is 24.5 Å². The molecule has 0 aliphatic heterocycles. The molecular weight excluding hydrogens is 348 g/mol. The first-order valence-corrected chi connectivity index (χ1v) is 8.58. The summed E-state index contributed by atoms with van der Waals surface area (Å²) in [5.74, 6) is 0.644. The van der Waals surface area contributed by atoms with Gasteiger partial charge in [-0.15, -0.1) is 0 Å². The van der Waals surface area contributed by atoms with Crippen molar-refractivity contribution in [2.75, 3.05) is 19.0 Å². The average Bonchev–Trinajstić information content (AvgIpc) is 2.67. The third-order valence-electron chi connectivity index (χ3n) is 3.73. The highest BCUT2D eigenvalue weighted by molar-refractivity contribution is 6.02. The number of methoxy groups -OCH3 is 1. The lowest BCUT2D eigenvalue weighted by Gasteiger charge is -2.08. The average molecular weight is 370 g/mol. The summed E-state index contributed by atoms with van der Waals surface area (Å²) >= 11 is 0. The summed E-state index contributed by atoms with van der Waals surface area (Å²) in [6.45, 7) is 2.79. The number of hydrogen-bond acceptors (Lipinski definition) is 5. The fourth-order valence-electron chi connectivity index (χ4n) is 2.25. The Morgan fingerprint density at radius 3 is 2.59 bits per heavy atom. The van der Waals surface area contributed by atoms with Crippen molar-refractivity contribution in [2.24, 2.45) is 0 Å². The van der Waals surface area contributed by atoms with E-state index in [0.717, 1.165) is 24.2 Å². The summed E-state index contributed by atoms with van der Waals surface area (Å²) in [6.07, 6.45) is 5.14. The number of unbranched alkanes of at least 4 members (excludes halogenated alkanes) is 1. The zero-order valence-electron chi connectivity index (χ0n) is 15.3. The van der Waals surface area contributed by atoms with Crippen molar-refractivity contribution in [3.05, 3.63) is 64.2 Å². The van der Waals surface area contributed by atoms with Crippen LogP contribution in [-0.2, 0) is 4.79 Å². The Morgan fingerprint density at radius 2 is 1.96 bits per heavy atom. The lowest BCUT2D eigenvalue weighted by Crippen LogP contribution is -2.09. The van der Waals surface area contributed by atoms with Crippen molar-refractivity contribution in [3.63, 3.8) is 0 Å². The minimum atomic E-state index is -0.524. The third kappa shape index (κ3) is 6.14. The molecule has 2 aromatic rings. The smallest absolute Gasteiger partial charge is 0.273 e. The largest absolute Gasteiger partial charge is 0.494 e. The van der Waals surface area contributed by atoms with E-state index in [4.69, 9.17) is 9.47 Å². The number of non-ortho nitro benzene ring substituents is 1. The van der Waals surface area contributed by atoms with Crippen LogP contribution in [0.25, 0.3) is 6.08 Å². The predicted molar refractivity (Wildman–Crippen MR) is 104 cm³/mol. The van der Waals surface area contributed by atoms with Gasteiger partial charge in [0, 0.05) is 12.1 Å². The Labute approximate surface area is 157 Å². The number of carbonyl (C=O) groups excluding carboxylic acids is 1. The van der Waals surface area contributed by atoms with Gasteiger partial charge in [0.05, 0.1) is 30.4 Å². The number of amides is 1. The summed E-state index contributed by atoms with van der Waals surface area (Å²) in [4.78, 5) is 22.4. The van der Waals surface area contributed by atoms with E-state index >= 15 is 0 Å². The molecular formula is C20H22N2O5. The van der Waals surface area contributed by atoms with Crippen LogP contribution in [0.15, 0.2) is 48.5 Å². The molecule has 142 valence electrons. The molecule has 0 unspecified atom stereocenters. The summed E-state index contributed by atoms with van der Waals surface area (Å²) in [5.41, 5.74) is 1.10. The van der Waals surface area contributed by atoms with E-state index in [9.17, 15) is 14.9 Å². The molecule has 0 atom stereocenters. The second-order valence-corrected chi connectivity index (χ2v) is 5.74. The number of carbonyl (C=O) groups is 1. The maximum atomic E-state index is 12.1. The van der Waals surface area contributed by atoms with Crippen molar-refractivity contribution >= 4 is 23.4 Å². The zero-order chi connectivity index (χ0) is 19.6. The van der Waals surface area contributed by atoms with Gasteiger partial charge in [-0.3, -0.25) is 14.9 Å². The fourth-order valence-corrected chi connectivity index (χ4v) is 2.25. The van der Waals surface area contributed by atoms with Gasteiger partial charge in [-0.1, -0.05) is 25.5 Å². The summed E-state index contributed by atoms with van der Waals surface area (Å²) < 4.78 is 10.7. The zero-order valence-corrected chi connectivity index (χ0v) is 15.3. The van der Waals surface area contributed by atoms with Gasteiger partial charge in [0.1, 0.15) is 11.5 Å². The van der Waals surface area contributed by atoms with E-state index in [2.05, 4.69) is 12.2 Å². The summed E-state index contributed by atoms with van der Waals surface area (Å²) in [5, 5.41) is 13.4. The van der Waals surface area contributed by atoms with E-state index in [-0.39, 0.29) is 17.3 Å². The molecule has 1 amide bonds. The number of benzene rings is 2. The van der Waals surface area contributed by atoms with Gasteiger partial charge in [0.25, 0.3) is 5.69 Å². The first-order valence-electron chi connectivity index (χ1n) is 8.58. The Hall–Kier alpha value is -3.35. The molecule has 7 nitrogen and oxygen atoms in total. The Bertz CT molecular complexity index is 816. The van der Waals surface area contributed by atoms with Crippen LogP contribution in [0.4, 0.5) is 11.4 Å². The number of nitro groups is 1. The molecule has 0 saturated heterocycles. The molecule has 0 aliphatic carbocycles. The van der Waals surface area contributed by atoms with Crippen LogP contribution in [0.3, 0.4) is 0 Å². The van der Waals surface area contributed by atoms with E-state index in [1.807, 2.05) is 24.3 Å². The van der Waals surface area contributed by atoms with Crippen LogP contribution >= 0.6 is 0 Å². The first-order chi connectivity index (χ1) is 13.0. The van der Waals surface area contributed by atoms with Crippen LogP contribution < -0.4 is 14.8 Å². The van der Waals surface area contributed by atoms with Gasteiger partial charge in [-0.2, -0.15) is 0 Å². The quantitative estimate of drug-likeness (QED) is 0.305. The fraction of sp³-hybridized carbons (Fsp3) is 0.250. The van der Waals surface area contributed by atoms with Crippen LogP contribution in [0.2, 0.25) is 0 Å². The minimum absolute atomic E-state index is 0.110. The molecule has 0 saturated carbocycles. The van der Waals surface area contributed by atoms with E-state index in [1.54, 1.807) is 6.08 Å². The monoisotopic (exact) mass is 370 g/mol. The number of hydrogen-bond donors (Lipinski definition) is 1. The number of nitrogens with one attached hydrogen (secondary N) is 1. The van der Waals surface area contributed by atoms with E-state index in [0.29, 0.717) is 12.3 Å². The molecule has 2 rings (SSSR count). The second kappa shape index (κ2) is 9.96. The number of ether oxygens (including phenoxy) is 2. The Morgan fingerprint density at radius 1 is 1.22 bits per heavy atom. The van der Waals surface area contributed by atoms with Gasteiger partial charge in [-0.25, -0.2) is 0 Å². The second-order valence-electron chi connectivity index (χ2n) is 5.74. The topological polar surface area (TPSA) is 90.7 Å². The highest BCUT2D eigenvalue weighted by Gasteiger charge is 2.12. The van der Waals surface area contributed by atoms with Crippen molar-refractivity contribution in [2.45, 2.75) is 19.8 Å². The standard InChI is InChI=1S/C20H22N2O5/c1-3-4-13-27-17-9-5-15(6-10-17)7-12-20(23)21-18-11-8-16(22(24)25)14-19(18)26-2/h5-12,14H,3-4,13H2,1-2H3,(H,21,23)/b12-7+. The molecule has 0 bridgehead atoms. The third-order valence-corrected chi connectivity index (χ3v) is 3.73. The van der Waals surface area contributed by atoms with E-state index < -0.39 is 4.92 Å². The van der Waals surface area contributed by atoms with Gasteiger partial charge >= 0.3 is 0 Å². The number of anilines is 1. The van der Waals surface area contributed by atoms with Crippen molar-refractivity contribution in [1.29, 1.82) is 0 Å². The van der Waals surface area contributed by atoms with Crippen LogP contribution in [0.5, 0.6) is 11.5 Å². The molecule has 1 N–H and O–H groups in total. The maximum absolute atomic E-state index is 12.1. The van der Waals surface area contributed by atoms with Crippen LogP contribution in [0.1, 0.15) is 25.3 Å². The Kier molecular flexibility index (Phi) is 7.37. The lowest BCUT2D eigenvalue weighted by molar-refractivity contribution is -0.384. The minimum Gasteiger partial charge on any atom is -0.494 e. The SMILES string of the molecule is CCCCOc1ccc(/C=C/C(=O)Nc2ccc([N+](=O)[O-])cc2OC)cc1. The summed E-state index contributed by atoms with van der Waals surface area (Å²) in [7, 11) is 1.38. The highest BCUT2D eigenvalue weighted by atomic mass is 16.6. The molecule has 0 heterocycles. The molecule has 0 aromatic heterocycles. The molecule has 27 heavy (non-hydrogen) atoms. The first kappa shape index (κ1) is 20.0. The predicted octanol–water partition coefficient (Wildman–Crippen LogP) is 4.43. The van der Waals surface area contributed by atoms with Gasteiger partial charge in [0.2, 0.25) is 5.91 Å². The Balaban J connectivity index is 1.98. The maximum Gasteiger partial charge on any atom is 0.273 e. The highest BCUT2D eigenvalue weighted by Crippen LogP contribution is 2.29. The molecule has 0 radical (unpaired) electrons.